The topological polar surface area (TPSA) is 84.3 Å². The van der Waals surface area contributed by atoms with Crippen molar-refractivity contribution in [3.8, 4) is 0 Å². The number of aliphatic hydroxyl groups excluding tert-OH is 1. The van der Waals surface area contributed by atoms with Gasteiger partial charge < -0.3 is 24.9 Å². The third kappa shape index (κ3) is 3.04. The van der Waals surface area contributed by atoms with Crippen molar-refractivity contribution in [1.29, 1.82) is 0 Å². The van der Waals surface area contributed by atoms with Crippen molar-refractivity contribution in [3.63, 3.8) is 0 Å². The molecule has 2 fully saturated rings. The predicted octanol–water partition coefficient (Wildman–Crippen LogP) is -0.348. The number of nitrogens with zero attached hydrogens (tertiary/aromatic N) is 3. The van der Waals surface area contributed by atoms with Crippen molar-refractivity contribution in [2.75, 3.05) is 33.7 Å². The van der Waals surface area contributed by atoms with E-state index in [-0.39, 0.29) is 25.0 Å². The number of hydrogen-bond donors (Lipinski definition) is 2. The van der Waals surface area contributed by atoms with Gasteiger partial charge in [0.25, 0.3) is 0 Å². The van der Waals surface area contributed by atoms with Crippen LogP contribution < -0.4 is 0 Å². The first-order valence-electron chi connectivity index (χ1n) is 7.03. The molecule has 114 valence electrons. The second-order valence-corrected chi connectivity index (χ2v) is 5.82. The summed E-state index contributed by atoms with van der Waals surface area (Å²) in [6, 6.07) is -1.05. The number of aliphatic carboxylic acids is 1. The summed E-state index contributed by atoms with van der Waals surface area (Å²) < 4.78 is 0. The molecule has 0 saturated carbocycles. The molecule has 2 saturated heterocycles. The molecule has 0 spiro atoms. The quantitative estimate of drug-likeness (QED) is 0.724. The lowest BCUT2D eigenvalue weighted by Crippen LogP contribution is -2.52. The molecule has 0 bridgehead atoms. The Bertz CT molecular complexity index is 382. The van der Waals surface area contributed by atoms with Crippen molar-refractivity contribution in [3.05, 3.63) is 0 Å². The summed E-state index contributed by atoms with van der Waals surface area (Å²) in [6.45, 7) is 1.98. The van der Waals surface area contributed by atoms with Crippen LogP contribution in [0.5, 0.6) is 0 Å². The Morgan fingerprint density at radius 2 is 1.85 bits per heavy atom. The highest BCUT2D eigenvalue weighted by Gasteiger charge is 2.41. The third-order valence-electron chi connectivity index (χ3n) is 4.35. The number of amides is 2. The zero-order valence-corrected chi connectivity index (χ0v) is 12.0. The normalized spacial score (nSPS) is 28.6. The van der Waals surface area contributed by atoms with E-state index in [1.165, 1.54) is 4.90 Å². The lowest BCUT2D eigenvalue weighted by Gasteiger charge is -2.37. The van der Waals surface area contributed by atoms with Crippen LogP contribution in [0.15, 0.2) is 0 Å². The number of piperidine rings is 1. The Labute approximate surface area is 118 Å². The van der Waals surface area contributed by atoms with Crippen molar-refractivity contribution < 1.29 is 19.8 Å². The van der Waals surface area contributed by atoms with Crippen molar-refractivity contribution in [1.82, 2.24) is 14.7 Å². The fraction of sp³-hybridized carbons (Fsp3) is 0.846. The molecule has 20 heavy (non-hydrogen) atoms. The number of urea groups is 1. The summed E-state index contributed by atoms with van der Waals surface area (Å²) >= 11 is 0. The van der Waals surface area contributed by atoms with Gasteiger partial charge in [0.1, 0.15) is 6.04 Å². The van der Waals surface area contributed by atoms with Crippen LogP contribution >= 0.6 is 0 Å². The molecule has 2 aliphatic heterocycles. The first-order valence-corrected chi connectivity index (χ1v) is 7.03. The predicted molar refractivity (Wildman–Crippen MR) is 72.4 cm³/mol. The van der Waals surface area contributed by atoms with E-state index in [2.05, 4.69) is 11.9 Å². The van der Waals surface area contributed by atoms with Crippen LogP contribution in [0, 0.1) is 0 Å². The average molecular weight is 285 g/mol. The molecule has 0 aromatic carbocycles. The first-order chi connectivity index (χ1) is 9.40. The summed E-state index contributed by atoms with van der Waals surface area (Å²) in [7, 11) is 3.78. The van der Waals surface area contributed by atoms with E-state index in [0.29, 0.717) is 0 Å². The number of β-amino-alcohol motifs (C(OH)–C–C–N with tert-alkyl or cyclic N) is 1. The van der Waals surface area contributed by atoms with Crippen LogP contribution in [0.1, 0.15) is 19.3 Å². The molecule has 2 N–H and O–H groups in total. The van der Waals surface area contributed by atoms with E-state index in [1.54, 1.807) is 11.9 Å². The number of carboxylic acid groups (broad SMARTS) is 1. The van der Waals surface area contributed by atoms with Gasteiger partial charge in [0.05, 0.1) is 6.10 Å². The molecular weight excluding hydrogens is 262 g/mol. The minimum Gasteiger partial charge on any atom is -0.480 e. The zero-order chi connectivity index (χ0) is 14.9. The highest BCUT2D eigenvalue weighted by Crippen LogP contribution is 2.22. The first kappa shape index (κ1) is 15.1. The average Bonchev–Trinajstić information content (AvgIpc) is 2.80. The molecule has 2 heterocycles. The highest BCUT2D eigenvalue weighted by atomic mass is 16.4. The maximum atomic E-state index is 12.5. The summed E-state index contributed by atoms with van der Waals surface area (Å²) in [4.78, 5) is 28.8. The Balaban J connectivity index is 2.00. The van der Waals surface area contributed by atoms with Gasteiger partial charge in [-0.2, -0.15) is 0 Å². The Kier molecular flexibility index (Phi) is 4.49. The summed E-state index contributed by atoms with van der Waals surface area (Å²) in [5.41, 5.74) is 0. The van der Waals surface area contributed by atoms with E-state index >= 15 is 0 Å². The molecule has 0 aliphatic carbocycles. The fourth-order valence-electron chi connectivity index (χ4n) is 3.00. The van der Waals surface area contributed by atoms with Gasteiger partial charge >= 0.3 is 12.0 Å². The van der Waals surface area contributed by atoms with Crippen molar-refractivity contribution in [2.24, 2.45) is 0 Å². The monoisotopic (exact) mass is 285 g/mol. The lowest BCUT2D eigenvalue weighted by molar-refractivity contribution is -0.141. The second kappa shape index (κ2) is 5.97. The van der Waals surface area contributed by atoms with E-state index in [0.717, 1.165) is 25.9 Å². The zero-order valence-electron chi connectivity index (χ0n) is 12.0. The van der Waals surface area contributed by atoms with Gasteiger partial charge in [-0.25, -0.2) is 9.59 Å². The van der Waals surface area contributed by atoms with Gasteiger partial charge in [-0.05, 0) is 33.0 Å². The van der Waals surface area contributed by atoms with Crippen LogP contribution in [-0.2, 0) is 4.79 Å². The lowest BCUT2D eigenvalue weighted by atomic mass is 10.0. The third-order valence-corrected chi connectivity index (χ3v) is 4.35. The second-order valence-electron chi connectivity index (χ2n) is 5.82. The maximum Gasteiger partial charge on any atom is 0.326 e. The van der Waals surface area contributed by atoms with Gasteiger partial charge in [-0.15, -0.1) is 0 Å². The molecule has 7 heteroatoms. The van der Waals surface area contributed by atoms with E-state index in [1.807, 2.05) is 0 Å². The van der Waals surface area contributed by atoms with Crippen LogP contribution in [0.25, 0.3) is 0 Å². The van der Waals surface area contributed by atoms with Crippen molar-refractivity contribution in [2.45, 2.75) is 37.5 Å². The van der Waals surface area contributed by atoms with Gasteiger partial charge in [0.15, 0.2) is 0 Å². The van der Waals surface area contributed by atoms with Crippen LogP contribution in [0.3, 0.4) is 0 Å². The summed E-state index contributed by atoms with van der Waals surface area (Å²) in [5, 5.41) is 18.8. The molecule has 2 aliphatic rings. The van der Waals surface area contributed by atoms with Gasteiger partial charge in [0.2, 0.25) is 0 Å². The summed E-state index contributed by atoms with van der Waals surface area (Å²) in [5.74, 6) is -1.05. The van der Waals surface area contributed by atoms with Crippen LogP contribution in [0.2, 0.25) is 0 Å². The molecule has 0 unspecified atom stereocenters. The smallest absolute Gasteiger partial charge is 0.326 e. The number of carbonyl (C=O) groups excluding carboxylic acids is 1. The molecule has 0 radical (unpaired) electrons. The van der Waals surface area contributed by atoms with Gasteiger partial charge in [-0.3, -0.25) is 0 Å². The molecule has 2 amide bonds. The van der Waals surface area contributed by atoms with Crippen LogP contribution in [0.4, 0.5) is 4.79 Å². The maximum absolute atomic E-state index is 12.5. The number of carbonyl (C=O) groups is 2. The van der Waals surface area contributed by atoms with Crippen LogP contribution in [-0.4, -0.2) is 88.8 Å². The van der Waals surface area contributed by atoms with Gasteiger partial charge in [-0.1, -0.05) is 0 Å². The molecule has 7 nitrogen and oxygen atoms in total. The molecule has 0 aromatic heterocycles. The number of likely N-dealkylation sites (tertiary alicyclic amines) is 2. The van der Waals surface area contributed by atoms with E-state index in [9.17, 15) is 14.7 Å². The largest absolute Gasteiger partial charge is 0.480 e. The Morgan fingerprint density at radius 3 is 2.40 bits per heavy atom. The molecule has 2 atom stereocenters. The Morgan fingerprint density at radius 1 is 1.25 bits per heavy atom. The number of hydrogen-bond acceptors (Lipinski definition) is 4. The van der Waals surface area contributed by atoms with Crippen molar-refractivity contribution >= 4 is 12.0 Å². The number of carboxylic acids is 1. The number of aliphatic hydroxyl groups is 1. The number of rotatable bonds is 2. The molecular formula is C13H23N3O4. The minimum absolute atomic E-state index is 0.104. The van der Waals surface area contributed by atoms with E-state index in [4.69, 9.17) is 5.11 Å². The fourth-order valence-corrected chi connectivity index (χ4v) is 3.00. The highest BCUT2D eigenvalue weighted by molar-refractivity contribution is 5.83. The SMILES string of the molecule is CN1CCC(N(C)C(=O)N2C[C@H](O)C[C@@H]2C(=O)O)CC1. The standard InChI is InChI=1S/C13H23N3O4/c1-14-5-3-9(4-6-14)15(2)13(20)16-8-10(17)7-11(16)12(18)19/h9-11,17H,3-8H2,1-2H3,(H,18,19)/t10-,11-/m1/s1. The molecule has 0 aromatic rings. The molecule has 2 rings (SSSR count). The Hall–Kier alpha value is -1.34. The van der Waals surface area contributed by atoms with E-state index < -0.39 is 18.1 Å². The van der Waals surface area contributed by atoms with Gasteiger partial charge in [0, 0.05) is 26.1 Å². The summed E-state index contributed by atoms with van der Waals surface area (Å²) in [6.07, 6.45) is 1.16. The minimum atomic E-state index is -1.05.